The molecule has 0 radical (unpaired) electrons. The Labute approximate surface area is 197 Å². The smallest absolute Gasteiger partial charge is 0.251 e. The summed E-state index contributed by atoms with van der Waals surface area (Å²) in [6, 6.07) is 14.1. The Morgan fingerprint density at radius 1 is 1.06 bits per heavy atom. The second-order valence-electron chi connectivity index (χ2n) is 9.14. The number of hydrogen-bond acceptors (Lipinski definition) is 5. The van der Waals surface area contributed by atoms with Gasteiger partial charge < -0.3 is 9.73 Å². The molecule has 2 heterocycles. The Morgan fingerprint density at radius 2 is 1.82 bits per heavy atom. The summed E-state index contributed by atoms with van der Waals surface area (Å²) in [6.45, 7) is 3.82. The molecule has 2 aromatic carbocycles. The molecule has 1 saturated carbocycles. The van der Waals surface area contributed by atoms with Gasteiger partial charge in [0.2, 0.25) is 11.8 Å². The normalized spacial score (nSPS) is 19.1. The van der Waals surface area contributed by atoms with Crippen LogP contribution in [0.4, 0.5) is 4.39 Å². The monoisotopic (exact) mass is 458 g/mol. The first-order valence-corrected chi connectivity index (χ1v) is 11.7. The highest BCUT2D eigenvalue weighted by molar-refractivity contribution is 5.94. The molecule has 7 heteroatoms. The van der Waals surface area contributed by atoms with Crippen LogP contribution in [0.3, 0.4) is 0 Å². The number of fused-ring (bicyclic) bond motifs is 1. The second-order valence-corrected chi connectivity index (χ2v) is 9.14. The minimum atomic E-state index is -0.230. The van der Waals surface area contributed by atoms with Crippen LogP contribution in [0.2, 0.25) is 0 Å². The standard InChI is InChI=1S/C27H27FN4O2/c1-16(30-26(33)20-7-9-21(10-8-20)27-32-31-17(2)34-27)18-3-5-19(6-4-18)23-13-14-29-25-12-11-22(28)15-24(23)25/h7-16,18-19H,3-6H2,1-2H3,(H,30,33)/t16-,18-,19+/m1/s1. The van der Waals surface area contributed by atoms with Crippen LogP contribution in [0.15, 0.2) is 59.1 Å². The molecule has 4 aromatic rings. The van der Waals surface area contributed by atoms with Crippen LogP contribution >= 0.6 is 0 Å². The van der Waals surface area contributed by atoms with Crippen molar-refractivity contribution in [3.8, 4) is 11.5 Å². The van der Waals surface area contributed by atoms with Gasteiger partial charge in [-0.2, -0.15) is 0 Å². The first kappa shape index (κ1) is 22.2. The van der Waals surface area contributed by atoms with Gasteiger partial charge in [-0.1, -0.05) is 0 Å². The summed E-state index contributed by atoms with van der Waals surface area (Å²) in [6.07, 6.45) is 5.87. The topological polar surface area (TPSA) is 80.9 Å². The van der Waals surface area contributed by atoms with Crippen molar-refractivity contribution >= 4 is 16.8 Å². The van der Waals surface area contributed by atoms with E-state index in [4.69, 9.17) is 4.42 Å². The van der Waals surface area contributed by atoms with Crippen LogP contribution in [0.5, 0.6) is 0 Å². The Bertz CT molecular complexity index is 1310. The van der Waals surface area contributed by atoms with Gasteiger partial charge >= 0.3 is 0 Å². The third-order valence-electron chi connectivity index (χ3n) is 6.93. The van der Waals surface area contributed by atoms with Crippen LogP contribution in [-0.2, 0) is 0 Å². The number of hydrogen-bond donors (Lipinski definition) is 1. The zero-order valence-corrected chi connectivity index (χ0v) is 19.3. The average molecular weight is 459 g/mol. The number of carbonyl (C=O) groups excluding carboxylic acids is 1. The molecule has 1 fully saturated rings. The lowest BCUT2D eigenvalue weighted by Gasteiger charge is -2.33. The molecule has 1 aliphatic rings. The molecule has 1 atom stereocenters. The molecule has 0 unspecified atom stereocenters. The van der Waals surface area contributed by atoms with Gasteiger partial charge in [0.25, 0.3) is 5.91 Å². The van der Waals surface area contributed by atoms with E-state index in [2.05, 4.69) is 27.4 Å². The van der Waals surface area contributed by atoms with E-state index in [0.29, 0.717) is 29.2 Å². The van der Waals surface area contributed by atoms with Gasteiger partial charge in [0.05, 0.1) is 5.52 Å². The number of rotatable bonds is 5. The molecule has 0 bridgehead atoms. The molecule has 6 nitrogen and oxygen atoms in total. The third-order valence-corrected chi connectivity index (χ3v) is 6.93. The van der Waals surface area contributed by atoms with Crippen LogP contribution < -0.4 is 5.32 Å². The third kappa shape index (κ3) is 4.55. The highest BCUT2D eigenvalue weighted by Gasteiger charge is 2.28. The van der Waals surface area contributed by atoms with Crippen LogP contribution in [0, 0.1) is 18.7 Å². The molecule has 5 rings (SSSR count). The minimum absolute atomic E-state index is 0.0679. The lowest BCUT2D eigenvalue weighted by molar-refractivity contribution is 0.0918. The van der Waals surface area contributed by atoms with Crippen molar-refractivity contribution in [3.63, 3.8) is 0 Å². The fraction of sp³-hybridized carbons (Fsp3) is 0.333. The van der Waals surface area contributed by atoms with Gasteiger partial charge in [-0.15, -0.1) is 10.2 Å². The molecule has 0 saturated heterocycles. The van der Waals surface area contributed by atoms with Gasteiger partial charge in [0.1, 0.15) is 5.82 Å². The number of pyridine rings is 1. The fourth-order valence-corrected chi connectivity index (χ4v) is 5.01. The Kier molecular flexibility index (Phi) is 6.09. The Hall–Kier alpha value is -3.61. The van der Waals surface area contributed by atoms with Gasteiger partial charge in [-0.25, -0.2) is 4.39 Å². The van der Waals surface area contributed by atoms with Crippen LogP contribution in [0.1, 0.15) is 60.3 Å². The molecule has 2 aromatic heterocycles. The van der Waals surface area contributed by atoms with E-state index in [9.17, 15) is 9.18 Å². The molecule has 174 valence electrons. The van der Waals surface area contributed by atoms with Crippen molar-refractivity contribution in [3.05, 3.63) is 77.6 Å². The zero-order valence-electron chi connectivity index (χ0n) is 19.3. The number of amides is 1. The Balaban J connectivity index is 1.20. The van der Waals surface area contributed by atoms with Crippen molar-refractivity contribution in [2.24, 2.45) is 5.92 Å². The van der Waals surface area contributed by atoms with E-state index < -0.39 is 0 Å². The van der Waals surface area contributed by atoms with E-state index in [1.165, 1.54) is 11.6 Å². The Morgan fingerprint density at radius 3 is 2.53 bits per heavy atom. The van der Waals surface area contributed by atoms with Crippen molar-refractivity contribution in [1.82, 2.24) is 20.5 Å². The molecule has 34 heavy (non-hydrogen) atoms. The van der Waals surface area contributed by atoms with Crippen LogP contribution in [-0.4, -0.2) is 27.1 Å². The summed E-state index contributed by atoms with van der Waals surface area (Å²) >= 11 is 0. The zero-order chi connectivity index (χ0) is 23.7. The quantitative estimate of drug-likeness (QED) is 0.407. The largest absolute Gasteiger partial charge is 0.421 e. The number of carbonyl (C=O) groups is 1. The molecular formula is C27H27FN4O2. The maximum atomic E-state index is 13.8. The lowest BCUT2D eigenvalue weighted by atomic mass is 9.75. The minimum Gasteiger partial charge on any atom is -0.421 e. The van der Waals surface area contributed by atoms with E-state index in [-0.39, 0.29) is 17.8 Å². The number of aryl methyl sites for hydroxylation is 1. The summed E-state index contributed by atoms with van der Waals surface area (Å²) in [4.78, 5) is 17.2. The highest BCUT2D eigenvalue weighted by atomic mass is 19.1. The predicted octanol–water partition coefficient (Wildman–Crippen LogP) is 5.82. The molecule has 1 aliphatic carbocycles. The molecular weight excluding hydrogens is 431 g/mol. The van der Waals surface area contributed by atoms with Crippen LogP contribution in [0.25, 0.3) is 22.4 Å². The number of nitrogens with one attached hydrogen (secondary N) is 1. The molecule has 1 N–H and O–H groups in total. The van der Waals surface area contributed by atoms with Gasteiger partial charge in [-0.05, 0) is 98.5 Å². The van der Waals surface area contributed by atoms with E-state index in [0.717, 1.165) is 42.1 Å². The van der Waals surface area contributed by atoms with E-state index in [1.807, 2.05) is 24.4 Å². The van der Waals surface area contributed by atoms with Crippen molar-refractivity contribution in [2.75, 3.05) is 0 Å². The maximum Gasteiger partial charge on any atom is 0.251 e. The second kappa shape index (κ2) is 9.33. The summed E-state index contributed by atoms with van der Waals surface area (Å²) in [5.41, 5.74) is 3.40. The van der Waals surface area contributed by atoms with Crippen molar-refractivity contribution in [1.29, 1.82) is 0 Å². The summed E-state index contributed by atoms with van der Waals surface area (Å²) in [5, 5.41) is 11.9. The SMILES string of the molecule is Cc1nnc(-c2ccc(C(=O)N[C@H](C)[C@H]3CC[C@@H](c4ccnc5ccc(F)cc54)CC3)cc2)o1. The predicted molar refractivity (Wildman–Crippen MR) is 128 cm³/mol. The number of benzene rings is 2. The highest BCUT2D eigenvalue weighted by Crippen LogP contribution is 2.39. The lowest BCUT2D eigenvalue weighted by Crippen LogP contribution is -2.39. The van der Waals surface area contributed by atoms with Crippen molar-refractivity contribution in [2.45, 2.75) is 51.5 Å². The molecule has 1 amide bonds. The van der Waals surface area contributed by atoms with E-state index >= 15 is 0 Å². The maximum absolute atomic E-state index is 13.8. The molecule has 0 spiro atoms. The summed E-state index contributed by atoms with van der Waals surface area (Å²) in [7, 11) is 0. The first-order valence-electron chi connectivity index (χ1n) is 11.7. The van der Waals surface area contributed by atoms with Gasteiger partial charge in [-0.3, -0.25) is 9.78 Å². The number of nitrogens with zero attached hydrogens (tertiary/aromatic N) is 3. The number of aromatic nitrogens is 3. The van der Waals surface area contributed by atoms with E-state index in [1.54, 1.807) is 31.2 Å². The van der Waals surface area contributed by atoms with Gasteiger partial charge in [0.15, 0.2) is 0 Å². The fourth-order valence-electron chi connectivity index (χ4n) is 5.01. The van der Waals surface area contributed by atoms with Gasteiger partial charge in [0, 0.05) is 35.7 Å². The summed E-state index contributed by atoms with van der Waals surface area (Å²) in [5.74, 6) is 1.42. The summed E-state index contributed by atoms with van der Waals surface area (Å²) < 4.78 is 19.3. The number of halogens is 1. The average Bonchev–Trinajstić information content (AvgIpc) is 3.30. The van der Waals surface area contributed by atoms with Crippen molar-refractivity contribution < 1.29 is 13.6 Å². The molecule has 0 aliphatic heterocycles. The first-order chi connectivity index (χ1) is 16.5.